The summed E-state index contributed by atoms with van der Waals surface area (Å²) in [6, 6.07) is 12.1. The number of amides is 1. The van der Waals surface area contributed by atoms with Gasteiger partial charge in [0.05, 0.1) is 13.0 Å². The summed E-state index contributed by atoms with van der Waals surface area (Å²) < 4.78 is 5.74. The molecule has 0 saturated heterocycles. The predicted molar refractivity (Wildman–Crippen MR) is 105 cm³/mol. The zero-order valence-corrected chi connectivity index (χ0v) is 15.8. The van der Waals surface area contributed by atoms with Crippen LogP contribution < -0.4 is 0 Å². The first-order chi connectivity index (χ1) is 13.2. The van der Waals surface area contributed by atoms with Crippen LogP contribution in [-0.4, -0.2) is 33.0 Å². The monoisotopic (exact) mass is 380 g/mol. The topological polar surface area (TPSA) is 75.0 Å². The van der Waals surface area contributed by atoms with Gasteiger partial charge in [-0.2, -0.15) is 0 Å². The highest BCUT2D eigenvalue weighted by Crippen LogP contribution is 2.20. The van der Waals surface area contributed by atoms with Crippen LogP contribution in [0, 0.1) is 0 Å². The third-order valence-electron chi connectivity index (χ3n) is 4.48. The van der Waals surface area contributed by atoms with E-state index in [0.717, 1.165) is 16.5 Å². The van der Waals surface area contributed by atoms with E-state index in [1.54, 1.807) is 16.2 Å². The molecule has 0 spiro atoms. The zero-order chi connectivity index (χ0) is 18.6. The van der Waals surface area contributed by atoms with Crippen molar-refractivity contribution in [1.82, 2.24) is 20.1 Å². The minimum atomic E-state index is 0.0692. The molecule has 3 aromatic heterocycles. The van der Waals surface area contributed by atoms with Gasteiger partial charge in [0.2, 0.25) is 17.7 Å². The number of carbonyl (C=O) groups is 1. The second kappa shape index (κ2) is 7.75. The van der Waals surface area contributed by atoms with Crippen LogP contribution >= 0.6 is 11.3 Å². The fraction of sp³-hybridized carbons (Fsp3) is 0.250. The molecule has 138 valence electrons. The molecular weight excluding hydrogens is 360 g/mol. The van der Waals surface area contributed by atoms with Crippen LogP contribution in [-0.2, 0) is 24.2 Å². The maximum atomic E-state index is 12.3. The van der Waals surface area contributed by atoms with Crippen LogP contribution in [0.5, 0.6) is 0 Å². The molecule has 0 fully saturated rings. The summed E-state index contributed by atoms with van der Waals surface area (Å²) in [6.07, 6.45) is 3.35. The van der Waals surface area contributed by atoms with Crippen LogP contribution in [0.3, 0.4) is 0 Å². The Bertz CT molecular complexity index is 1040. The minimum Gasteiger partial charge on any atom is -0.425 e. The molecule has 4 rings (SSSR count). The number of para-hydroxylation sites is 1. The summed E-state index contributed by atoms with van der Waals surface area (Å²) in [5.74, 6) is 1.14. The van der Waals surface area contributed by atoms with E-state index < -0.39 is 0 Å². The van der Waals surface area contributed by atoms with Crippen molar-refractivity contribution in [1.29, 1.82) is 0 Å². The van der Waals surface area contributed by atoms with Gasteiger partial charge in [-0.05, 0) is 23.1 Å². The quantitative estimate of drug-likeness (QED) is 0.529. The average Bonchev–Trinajstić information content (AvgIpc) is 3.42. The Morgan fingerprint density at radius 1 is 1.19 bits per heavy atom. The highest BCUT2D eigenvalue weighted by Gasteiger charge is 2.14. The third kappa shape index (κ3) is 4.09. The first kappa shape index (κ1) is 17.5. The van der Waals surface area contributed by atoms with E-state index in [-0.39, 0.29) is 5.91 Å². The Balaban J connectivity index is 1.33. The summed E-state index contributed by atoms with van der Waals surface area (Å²) in [4.78, 5) is 18.4. The number of rotatable bonds is 7. The van der Waals surface area contributed by atoms with E-state index in [4.69, 9.17) is 4.42 Å². The van der Waals surface area contributed by atoms with Crippen LogP contribution in [0.15, 0.2) is 52.4 Å². The molecule has 0 aliphatic rings. The third-order valence-corrected chi connectivity index (χ3v) is 5.34. The van der Waals surface area contributed by atoms with E-state index in [1.807, 2.05) is 49.0 Å². The lowest BCUT2D eigenvalue weighted by molar-refractivity contribution is -0.130. The van der Waals surface area contributed by atoms with Crippen LogP contribution in [0.25, 0.3) is 10.9 Å². The number of hydrogen-bond acceptors (Lipinski definition) is 5. The molecule has 1 amide bonds. The van der Waals surface area contributed by atoms with Crippen molar-refractivity contribution in [2.75, 3.05) is 7.05 Å². The molecule has 6 nitrogen and oxygen atoms in total. The number of nitrogens with zero attached hydrogens (tertiary/aromatic N) is 3. The molecule has 1 aromatic carbocycles. The number of carbonyl (C=O) groups excluding carboxylic acids is 1. The van der Waals surface area contributed by atoms with Crippen LogP contribution in [0.2, 0.25) is 0 Å². The predicted octanol–water partition coefficient (Wildman–Crippen LogP) is 3.79. The standard InChI is InChI=1S/C20H20N4O2S/c1-24(13-15-5-4-10-27-15)20(25)9-8-18-22-23-19(26-18)11-14-12-21-17-7-3-2-6-16(14)17/h2-7,10,12,21H,8-9,11,13H2,1H3. The van der Waals surface area contributed by atoms with Gasteiger partial charge < -0.3 is 14.3 Å². The molecule has 27 heavy (non-hydrogen) atoms. The molecule has 0 aliphatic heterocycles. The van der Waals surface area contributed by atoms with E-state index in [1.165, 1.54) is 4.88 Å². The van der Waals surface area contributed by atoms with E-state index in [9.17, 15) is 4.79 Å². The average molecular weight is 380 g/mol. The molecule has 0 saturated carbocycles. The fourth-order valence-electron chi connectivity index (χ4n) is 3.03. The number of H-pyrrole nitrogens is 1. The van der Waals surface area contributed by atoms with Gasteiger partial charge in [-0.25, -0.2) is 0 Å². The first-order valence-corrected chi connectivity index (χ1v) is 9.69. The van der Waals surface area contributed by atoms with E-state index in [2.05, 4.69) is 21.2 Å². The Morgan fingerprint density at radius 2 is 2.04 bits per heavy atom. The minimum absolute atomic E-state index is 0.0692. The Kier molecular flexibility index (Phi) is 5.02. The van der Waals surface area contributed by atoms with E-state index >= 15 is 0 Å². The van der Waals surface area contributed by atoms with Crippen molar-refractivity contribution in [3.63, 3.8) is 0 Å². The van der Waals surface area contributed by atoms with Gasteiger partial charge in [-0.3, -0.25) is 4.79 Å². The highest BCUT2D eigenvalue weighted by molar-refractivity contribution is 7.09. The molecular formula is C20H20N4O2S. The molecule has 3 heterocycles. The van der Waals surface area contributed by atoms with Crippen molar-refractivity contribution < 1.29 is 9.21 Å². The van der Waals surface area contributed by atoms with E-state index in [0.29, 0.717) is 37.6 Å². The van der Waals surface area contributed by atoms with Crippen molar-refractivity contribution in [2.45, 2.75) is 25.8 Å². The highest BCUT2D eigenvalue weighted by atomic mass is 32.1. The Morgan fingerprint density at radius 3 is 2.89 bits per heavy atom. The number of hydrogen-bond donors (Lipinski definition) is 1. The molecule has 0 unspecified atom stereocenters. The number of aromatic nitrogens is 3. The molecule has 7 heteroatoms. The van der Waals surface area contributed by atoms with Crippen LogP contribution in [0.4, 0.5) is 0 Å². The van der Waals surface area contributed by atoms with Gasteiger partial charge in [-0.15, -0.1) is 21.5 Å². The number of thiophene rings is 1. The Labute approximate surface area is 160 Å². The lowest BCUT2D eigenvalue weighted by Crippen LogP contribution is -2.26. The smallest absolute Gasteiger partial charge is 0.223 e. The SMILES string of the molecule is CN(Cc1cccs1)C(=O)CCc1nnc(Cc2c[nH]c3ccccc23)o1. The molecule has 0 radical (unpaired) electrons. The summed E-state index contributed by atoms with van der Waals surface area (Å²) in [6.45, 7) is 0.631. The van der Waals surface area contributed by atoms with Crippen molar-refractivity contribution >= 4 is 28.1 Å². The summed E-state index contributed by atoms with van der Waals surface area (Å²) in [7, 11) is 1.82. The molecule has 1 N–H and O–H groups in total. The van der Waals surface area contributed by atoms with Gasteiger partial charge in [0.15, 0.2) is 0 Å². The largest absolute Gasteiger partial charge is 0.425 e. The normalized spacial score (nSPS) is 11.1. The Hall–Kier alpha value is -2.93. The van der Waals surface area contributed by atoms with Crippen molar-refractivity contribution in [3.05, 3.63) is 70.2 Å². The van der Waals surface area contributed by atoms with Crippen LogP contribution in [0.1, 0.15) is 28.6 Å². The second-order valence-electron chi connectivity index (χ2n) is 6.45. The van der Waals surface area contributed by atoms with Gasteiger partial charge in [-0.1, -0.05) is 24.3 Å². The second-order valence-corrected chi connectivity index (χ2v) is 7.49. The number of fused-ring (bicyclic) bond motifs is 1. The zero-order valence-electron chi connectivity index (χ0n) is 15.0. The maximum Gasteiger partial charge on any atom is 0.223 e. The van der Waals surface area contributed by atoms with Gasteiger partial charge in [0, 0.05) is 41.9 Å². The number of benzene rings is 1. The fourth-order valence-corrected chi connectivity index (χ4v) is 3.79. The molecule has 0 aliphatic carbocycles. The molecule has 4 aromatic rings. The van der Waals surface area contributed by atoms with Gasteiger partial charge >= 0.3 is 0 Å². The number of aromatic amines is 1. The van der Waals surface area contributed by atoms with Crippen molar-refractivity contribution in [3.8, 4) is 0 Å². The number of nitrogens with one attached hydrogen (secondary N) is 1. The maximum absolute atomic E-state index is 12.3. The van der Waals surface area contributed by atoms with Crippen molar-refractivity contribution in [2.24, 2.45) is 0 Å². The number of aryl methyl sites for hydroxylation is 1. The molecule has 0 bridgehead atoms. The first-order valence-electron chi connectivity index (χ1n) is 8.81. The van der Waals surface area contributed by atoms with Gasteiger partial charge in [0.1, 0.15) is 0 Å². The summed E-state index contributed by atoms with van der Waals surface area (Å²) in [5.41, 5.74) is 2.21. The lowest BCUT2D eigenvalue weighted by atomic mass is 10.1. The van der Waals surface area contributed by atoms with Gasteiger partial charge in [0.25, 0.3) is 0 Å². The summed E-state index contributed by atoms with van der Waals surface area (Å²) >= 11 is 1.65. The molecule has 0 atom stereocenters. The lowest BCUT2D eigenvalue weighted by Gasteiger charge is -2.15. The summed E-state index contributed by atoms with van der Waals surface area (Å²) in [5, 5.41) is 11.4.